The first-order valence-corrected chi connectivity index (χ1v) is 5.19. The van der Waals surface area contributed by atoms with E-state index in [-0.39, 0.29) is 11.4 Å². The molecular formula is C12H10FN3O2. The summed E-state index contributed by atoms with van der Waals surface area (Å²) in [6.45, 7) is 1.64. The number of amides is 1. The molecule has 2 aromatic rings. The summed E-state index contributed by atoms with van der Waals surface area (Å²) in [5, 5.41) is 8.35. The Bertz CT molecular complexity index is 632. The van der Waals surface area contributed by atoms with Gasteiger partial charge in [0.25, 0.3) is 11.5 Å². The molecule has 1 amide bonds. The summed E-state index contributed by atoms with van der Waals surface area (Å²) in [7, 11) is 0. The third-order valence-electron chi connectivity index (χ3n) is 2.35. The van der Waals surface area contributed by atoms with E-state index in [1.165, 1.54) is 30.3 Å². The largest absolute Gasteiger partial charge is 0.305 e. The van der Waals surface area contributed by atoms with Crippen molar-refractivity contribution in [2.45, 2.75) is 6.92 Å². The maximum Gasteiger partial charge on any atom is 0.264 e. The van der Waals surface area contributed by atoms with Crippen LogP contribution in [0, 0.1) is 12.7 Å². The Hall–Kier alpha value is -2.50. The van der Waals surface area contributed by atoms with E-state index in [0.717, 1.165) is 0 Å². The third kappa shape index (κ3) is 2.60. The third-order valence-corrected chi connectivity index (χ3v) is 2.35. The fourth-order valence-corrected chi connectivity index (χ4v) is 1.48. The summed E-state index contributed by atoms with van der Waals surface area (Å²) in [6.07, 6.45) is 0. The molecule has 0 aliphatic rings. The van der Waals surface area contributed by atoms with Gasteiger partial charge in [0.05, 0.1) is 0 Å². The van der Waals surface area contributed by atoms with E-state index >= 15 is 0 Å². The smallest absolute Gasteiger partial charge is 0.264 e. The molecule has 1 aromatic carbocycles. The van der Waals surface area contributed by atoms with Gasteiger partial charge in [-0.1, -0.05) is 0 Å². The van der Waals surface area contributed by atoms with Crippen LogP contribution in [0.25, 0.3) is 0 Å². The highest BCUT2D eigenvalue weighted by atomic mass is 19.1. The highest BCUT2D eigenvalue weighted by molar-refractivity contribution is 6.04. The van der Waals surface area contributed by atoms with E-state index in [9.17, 15) is 14.0 Å². The molecule has 0 bridgehead atoms. The number of aryl methyl sites for hydroxylation is 1. The molecule has 1 heterocycles. The zero-order valence-corrected chi connectivity index (χ0v) is 9.53. The van der Waals surface area contributed by atoms with Crippen molar-refractivity contribution in [3.8, 4) is 0 Å². The van der Waals surface area contributed by atoms with Gasteiger partial charge >= 0.3 is 0 Å². The van der Waals surface area contributed by atoms with Crippen molar-refractivity contribution < 1.29 is 9.18 Å². The number of anilines is 1. The molecule has 0 aliphatic carbocycles. The summed E-state index contributed by atoms with van der Waals surface area (Å²) < 4.78 is 12.9. The summed E-state index contributed by atoms with van der Waals surface area (Å²) in [6, 6.07) is 6.51. The van der Waals surface area contributed by atoms with Gasteiger partial charge in [-0.15, -0.1) is 0 Å². The van der Waals surface area contributed by atoms with E-state index in [2.05, 4.69) is 15.5 Å². The predicted molar refractivity (Wildman–Crippen MR) is 63.9 cm³/mol. The number of carbonyl (C=O) groups excluding carboxylic acids is 1. The molecule has 0 atom stereocenters. The van der Waals surface area contributed by atoms with Crippen molar-refractivity contribution in [1.82, 2.24) is 10.2 Å². The van der Waals surface area contributed by atoms with E-state index in [0.29, 0.717) is 11.1 Å². The number of halogens is 1. The number of benzene rings is 1. The summed E-state index contributed by atoms with van der Waals surface area (Å²) in [5.74, 6) is -0.582. The fourth-order valence-electron chi connectivity index (χ4n) is 1.48. The number of hydrogen-bond donors (Lipinski definition) is 2. The molecular weight excluding hydrogens is 237 g/mol. The fraction of sp³-hybridized carbons (Fsp3) is 0.0833. The molecule has 1 aromatic heterocycles. The van der Waals surface area contributed by atoms with E-state index < -0.39 is 11.7 Å². The lowest BCUT2D eigenvalue weighted by atomic mass is 10.1. The lowest BCUT2D eigenvalue weighted by molar-refractivity contribution is 0.102. The van der Waals surface area contributed by atoms with Crippen LogP contribution in [0.4, 0.5) is 10.2 Å². The number of rotatable bonds is 2. The second kappa shape index (κ2) is 4.79. The van der Waals surface area contributed by atoms with Gasteiger partial charge in [0.1, 0.15) is 5.82 Å². The Labute approximate surface area is 102 Å². The lowest BCUT2D eigenvalue weighted by Crippen LogP contribution is -2.16. The average molecular weight is 247 g/mol. The summed E-state index contributed by atoms with van der Waals surface area (Å²) in [5.41, 5.74) is 0.521. The Morgan fingerprint density at radius 1 is 1.33 bits per heavy atom. The predicted octanol–water partition coefficient (Wildman–Crippen LogP) is 1.47. The molecule has 18 heavy (non-hydrogen) atoms. The normalized spacial score (nSPS) is 10.1. The maximum atomic E-state index is 12.9. The van der Waals surface area contributed by atoms with Crippen LogP contribution >= 0.6 is 0 Å². The monoisotopic (exact) mass is 247 g/mol. The number of nitrogens with zero attached hydrogens (tertiary/aromatic N) is 1. The van der Waals surface area contributed by atoms with Crippen molar-refractivity contribution in [3.05, 3.63) is 57.6 Å². The molecule has 2 N–H and O–H groups in total. The molecule has 6 heteroatoms. The first-order chi connectivity index (χ1) is 8.56. The quantitative estimate of drug-likeness (QED) is 0.843. The second-order valence-corrected chi connectivity index (χ2v) is 3.72. The number of nitrogens with one attached hydrogen (secondary N) is 2. The van der Waals surface area contributed by atoms with Crippen molar-refractivity contribution in [1.29, 1.82) is 0 Å². The van der Waals surface area contributed by atoms with Gasteiger partial charge in [0.2, 0.25) is 0 Å². The van der Waals surface area contributed by atoms with Crippen molar-refractivity contribution in [2.24, 2.45) is 0 Å². The Kier molecular flexibility index (Phi) is 3.18. The minimum Gasteiger partial charge on any atom is -0.305 e. The molecule has 0 saturated heterocycles. The molecule has 5 nitrogen and oxygen atoms in total. The topological polar surface area (TPSA) is 74.8 Å². The van der Waals surface area contributed by atoms with Crippen LogP contribution in [-0.4, -0.2) is 16.1 Å². The zero-order valence-electron chi connectivity index (χ0n) is 9.53. The molecule has 0 spiro atoms. The van der Waals surface area contributed by atoms with E-state index in [4.69, 9.17) is 0 Å². The van der Waals surface area contributed by atoms with Gasteiger partial charge in [-0.25, -0.2) is 9.49 Å². The van der Waals surface area contributed by atoms with Crippen molar-refractivity contribution in [3.63, 3.8) is 0 Å². The van der Waals surface area contributed by atoms with Gasteiger partial charge in [0.15, 0.2) is 5.82 Å². The molecule has 2 rings (SSSR count). The standard InChI is InChI=1S/C12H10FN3O2/c1-7-6-8(13)2-3-9(7)12(18)14-10-4-5-11(17)16-15-10/h2-6H,1H3,(H,16,17)(H,14,15,18). The number of hydrogen-bond acceptors (Lipinski definition) is 3. The van der Waals surface area contributed by atoms with Crippen LogP contribution < -0.4 is 10.9 Å². The Morgan fingerprint density at radius 3 is 2.72 bits per heavy atom. The highest BCUT2D eigenvalue weighted by Crippen LogP contribution is 2.11. The van der Waals surface area contributed by atoms with Crippen LogP contribution in [0.5, 0.6) is 0 Å². The molecule has 0 fully saturated rings. The van der Waals surface area contributed by atoms with Gasteiger partial charge in [-0.3, -0.25) is 9.59 Å². The van der Waals surface area contributed by atoms with Crippen LogP contribution in [0.2, 0.25) is 0 Å². The first kappa shape index (κ1) is 12.0. The zero-order chi connectivity index (χ0) is 13.1. The first-order valence-electron chi connectivity index (χ1n) is 5.19. The number of H-pyrrole nitrogens is 1. The maximum absolute atomic E-state index is 12.9. The Balaban J connectivity index is 2.22. The van der Waals surface area contributed by atoms with Crippen molar-refractivity contribution in [2.75, 3.05) is 5.32 Å². The van der Waals surface area contributed by atoms with E-state index in [1.54, 1.807) is 6.92 Å². The average Bonchev–Trinajstić information content (AvgIpc) is 2.32. The van der Waals surface area contributed by atoms with Gasteiger partial charge in [-0.05, 0) is 36.8 Å². The van der Waals surface area contributed by atoms with Crippen LogP contribution in [-0.2, 0) is 0 Å². The van der Waals surface area contributed by atoms with Crippen LogP contribution in [0.15, 0.2) is 35.1 Å². The molecule has 0 unspecified atom stereocenters. The van der Waals surface area contributed by atoms with Gasteiger partial charge < -0.3 is 5.32 Å². The van der Waals surface area contributed by atoms with Crippen molar-refractivity contribution >= 4 is 11.7 Å². The van der Waals surface area contributed by atoms with Gasteiger partial charge in [-0.2, -0.15) is 5.10 Å². The van der Waals surface area contributed by atoms with Crippen LogP contribution in [0.3, 0.4) is 0 Å². The highest BCUT2D eigenvalue weighted by Gasteiger charge is 2.10. The number of carbonyl (C=O) groups is 1. The van der Waals surface area contributed by atoms with Gasteiger partial charge in [0, 0.05) is 11.6 Å². The molecule has 0 saturated carbocycles. The number of aromatic amines is 1. The van der Waals surface area contributed by atoms with E-state index in [1.807, 2.05) is 0 Å². The Morgan fingerprint density at radius 2 is 2.11 bits per heavy atom. The second-order valence-electron chi connectivity index (χ2n) is 3.72. The molecule has 92 valence electrons. The SMILES string of the molecule is Cc1cc(F)ccc1C(=O)Nc1ccc(=O)[nH]n1. The van der Waals surface area contributed by atoms with Crippen LogP contribution in [0.1, 0.15) is 15.9 Å². The summed E-state index contributed by atoms with van der Waals surface area (Å²) >= 11 is 0. The number of aromatic nitrogens is 2. The minimum atomic E-state index is -0.410. The summed E-state index contributed by atoms with van der Waals surface area (Å²) in [4.78, 5) is 22.7. The molecule has 0 radical (unpaired) electrons. The molecule has 0 aliphatic heterocycles. The lowest BCUT2D eigenvalue weighted by Gasteiger charge is -2.06. The minimum absolute atomic E-state index is 0.225.